The van der Waals surface area contributed by atoms with Crippen LogP contribution in [-0.4, -0.2) is 9.78 Å². The van der Waals surface area contributed by atoms with E-state index in [-0.39, 0.29) is 0 Å². The van der Waals surface area contributed by atoms with Crippen molar-refractivity contribution in [1.29, 1.82) is 0 Å². The van der Waals surface area contributed by atoms with Gasteiger partial charge in [0, 0.05) is 18.7 Å². The molecule has 0 radical (unpaired) electrons. The highest BCUT2D eigenvalue weighted by molar-refractivity contribution is 5.60. The van der Waals surface area contributed by atoms with E-state index in [1.807, 2.05) is 43.4 Å². The van der Waals surface area contributed by atoms with Gasteiger partial charge in [-0.3, -0.25) is 4.68 Å². The Labute approximate surface area is 83.2 Å². The van der Waals surface area contributed by atoms with Crippen molar-refractivity contribution >= 4 is 0 Å². The van der Waals surface area contributed by atoms with Gasteiger partial charge >= 0.3 is 0 Å². The number of aryl methyl sites for hydroxylation is 1. The summed E-state index contributed by atoms with van der Waals surface area (Å²) < 4.78 is 1.71. The maximum Gasteiger partial charge on any atom is 0.111 e. The Morgan fingerprint density at radius 1 is 1.29 bits per heavy atom. The van der Waals surface area contributed by atoms with E-state index >= 15 is 0 Å². The second-order valence-corrected chi connectivity index (χ2v) is 3.05. The molecule has 0 amide bonds. The lowest BCUT2D eigenvalue weighted by Gasteiger charge is -1.93. The van der Waals surface area contributed by atoms with Gasteiger partial charge in [-0.15, -0.1) is 6.42 Å². The summed E-state index contributed by atoms with van der Waals surface area (Å²) in [5, 5.41) is 4.33. The fourth-order valence-corrected chi connectivity index (χ4v) is 1.35. The van der Waals surface area contributed by atoms with E-state index in [2.05, 4.69) is 11.0 Å². The molecule has 0 spiro atoms. The third-order valence-electron chi connectivity index (χ3n) is 2.10. The summed E-state index contributed by atoms with van der Waals surface area (Å²) >= 11 is 0. The topological polar surface area (TPSA) is 17.8 Å². The van der Waals surface area contributed by atoms with E-state index in [1.165, 1.54) is 0 Å². The van der Waals surface area contributed by atoms with Gasteiger partial charge in [0.05, 0.1) is 5.69 Å². The molecule has 2 aromatic rings. The van der Waals surface area contributed by atoms with Gasteiger partial charge < -0.3 is 0 Å². The molecule has 2 nitrogen and oxygen atoms in total. The smallest absolute Gasteiger partial charge is 0.111 e. The van der Waals surface area contributed by atoms with Crippen molar-refractivity contribution in [2.75, 3.05) is 0 Å². The molecule has 68 valence electrons. The highest BCUT2D eigenvalue weighted by atomic mass is 15.3. The number of benzene rings is 1. The molecule has 0 atom stereocenters. The summed E-state index contributed by atoms with van der Waals surface area (Å²) in [6.45, 7) is 0. The molecule has 0 fully saturated rings. The predicted octanol–water partition coefficient (Wildman–Crippen LogP) is 2.07. The van der Waals surface area contributed by atoms with Crippen molar-refractivity contribution in [1.82, 2.24) is 9.78 Å². The Bertz CT molecular complexity index is 475. The van der Waals surface area contributed by atoms with Gasteiger partial charge in [-0.1, -0.05) is 36.3 Å². The Kier molecular flexibility index (Phi) is 2.08. The Morgan fingerprint density at radius 2 is 2.00 bits per heavy atom. The molecule has 0 N–H and O–H groups in total. The largest absolute Gasteiger partial charge is 0.259 e. The number of hydrogen-bond acceptors (Lipinski definition) is 1. The molecule has 0 bridgehead atoms. The van der Waals surface area contributed by atoms with Gasteiger partial charge in [-0.25, -0.2) is 0 Å². The first-order valence-corrected chi connectivity index (χ1v) is 4.37. The van der Waals surface area contributed by atoms with Crippen LogP contribution in [0.2, 0.25) is 0 Å². The standard InChI is InChI=1S/C12H10N2/c1-3-11-9-12(13-14(11)2)10-7-5-4-6-8-10/h1,4-9H,2H3. The molecule has 2 heteroatoms. The van der Waals surface area contributed by atoms with Crippen molar-refractivity contribution in [2.45, 2.75) is 0 Å². The summed E-state index contributed by atoms with van der Waals surface area (Å²) in [6, 6.07) is 11.9. The predicted molar refractivity (Wildman–Crippen MR) is 56.6 cm³/mol. The minimum absolute atomic E-state index is 0.795. The third kappa shape index (κ3) is 1.40. The van der Waals surface area contributed by atoms with E-state index in [9.17, 15) is 0 Å². The summed E-state index contributed by atoms with van der Waals surface area (Å²) in [4.78, 5) is 0. The summed E-state index contributed by atoms with van der Waals surface area (Å²) in [6.07, 6.45) is 5.33. The molecule has 1 aromatic carbocycles. The molecule has 0 aliphatic rings. The van der Waals surface area contributed by atoms with Gasteiger partial charge in [0.15, 0.2) is 0 Å². The average molecular weight is 182 g/mol. The second kappa shape index (κ2) is 3.39. The van der Waals surface area contributed by atoms with Crippen molar-refractivity contribution in [3.63, 3.8) is 0 Å². The van der Waals surface area contributed by atoms with Crippen LogP contribution >= 0.6 is 0 Å². The second-order valence-electron chi connectivity index (χ2n) is 3.05. The molecule has 0 saturated heterocycles. The van der Waals surface area contributed by atoms with Crippen LogP contribution in [0, 0.1) is 12.3 Å². The lowest BCUT2D eigenvalue weighted by atomic mass is 10.1. The molecule has 1 aromatic heterocycles. The molecule has 0 aliphatic heterocycles. The third-order valence-corrected chi connectivity index (χ3v) is 2.10. The minimum atomic E-state index is 0.795. The van der Waals surface area contributed by atoms with Crippen LogP contribution in [0.3, 0.4) is 0 Å². The SMILES string of the molecule is C#Cc1cc(-c2ccccc2)nn1C. The first kappa shape index (κ1) is 8.58. The molecule has 14 heavy (non-hydrogen) atoms. The van der Waals surface area contributed by atoms with Crippen molar-refractivity contribution in [3.05, 3.63) is 42.1 Å². The zero-order valence-corrected chi connectivity index (χ0v) is 7.94. The van der Waals surface area contributed by atoms with Crippen LogP contribution in [0.1, 0.15) is 5.69 Å². The van der Waals surface area contributed by atoms with Gasteiger partial charge in [0.2, 0.25) is 0 Å². The Morgan fingerprint density at radius 3 is 2.57 bits per heavy atom. The zero-order valence-electron chi connectivity index (χ0n) is 7.94. The fourth-order valence-electron chi connectivity index (χ4n) is 1.35. The van der Waals surface area contributed by atoms with Gasteiger partial charge in [0.1, 0.15) is 5.69 Å². The molecule has 0 unspecified atom stereocenters. The van der Waals surface area contributed by atoms with Gasteiger partial charge in [0.25, 0.3) is 0 Å². The maximum atomic E-state index is 5.33. The van der Waals surface area contributed by atoms with E-state index in [0.717, 1.165) is 17.0 Å². The monoisotopic (exact) mass is 182 g/mol. The van der Waals surface area contributed by atoms with Crippen LogP contribution < -0.4 is 0 Å². The quantitative estimate of drug-likeness (QED) is 0.617. The molecule has 2 rings (SSSR count). The first-order chi connectivity index (χ1) is 6.81. The Hall–Kier alpha value is -2.01. The lowest BCUT2D eigenvalue weighted by Crippen LogP contribution is -1.93. The van der Waals surface area contributed by atoms with Crippen LogP contribution in [0.25, 0.3) is 11.3 Å². The van der Waals surface area contributed by atoms with E-state index in [0.29, 0.717) is 0 Å². The van der Waals surface area contributed by atoms with Crippen LogP contribution in [0.15, 0.2) is 36.4 Å². The highest BCUT2D eigenvalue weighted by Crippen LogP contribution is 2.17. The van der Waals surface area contributed by atoms with Gasteiger partial charge in [-0.05, 0) is 0 Å². The first-order valence-electron chi connectivity index (χ1n) is 4.37. The number of terminal acetylenes is 1. The van der Waals surface area contributed by atoms with Crippen molar-refractivity contribution in [2.24, 2.45) is 7.05 Å². The number of rotatable bonds is 1. The minimum Gasteiger partial charge on any atom is -0.259 e. The van der Waals surface area contributed by atoms with E-state index in [1.54, 1.807) is 4.68 Å². The van der Waals surface area contributed by atoms with E-state index < -0.39 is 0 Å². The summed E-state index contributed by atoms with van der Waals surface area (Å²) in [5.41, 5.74) is 2.80. The van der Waals surface area contributed by atoms with E-state index in [4.69, 9.17) is 6.42 Å². The molecular formula is C12H10N2. The average Bonchev–Trinajstić information content (AvgIpc) is 2.61. The number of aromatic nitrogens is 2. The lowest BCUT2D eigenvalue weighted by molar-refractivity contribution is 0.761. The molecule has 0 saturated carbocycles. The fraction of sp³-hybridized carbons (Fsp3) is 0.0833. The molecule has 1 heterocycles. The van der Waals surface area contributed by atoms with Crippen molar-refractivity contribution < 1.29 is 0 Å². The normalized spacial score (nSPS) is 9.71. The Balaban J connectivity index is 2.50. The molecular weight excluding hydrogens is 172 g/mol. The summed E-state index contributed by atoms with van der Waals surface area (Å²) in [7, 11) is 1.85. The van der Waals surface area contributed by atoms with Gasteiger partial charge in [-0.2, -0.15) is 5.10 Å². The number of hydrogen-bond donors (Lipinski definition) is 0. The molecule has 0 aliphatic carbocycles. The summed E-state index contributed by atoms with van der Waals surface area (Å²) in [5.74, 6) is 2.59. The maximum absolute atomic E-state index is 5.33. The highest BCUT2D eigenvalue weighted by Gasteiger charge is 2.03. The van der Waals surface area contributed by atoms with Crippen LogP contribution in [0.4, 0.5) is 0 Å². The van der Waals surface area contributed by atoms with Crippen LogP contribution in [-0.2, 0) is 7.05 Å². The van der Waals surface area contributed by atoms with Crippen LogP contribution in [0.5, 0.6) is 0 Å². The van der Waals surface area contributed by atoms with Crippen molar-refractivity contribution in [3.8, 4) is 23.6 Å². The zero-order chi connectivity index (χ0) is 9.97. The number of nitrogens with zero attached hydrogens (tertiary/aromatic N) is 2.